The van der Waals surface area contributed by atoms with Crippen LogP contribution < -0.4 is 14.8 Å². The first kappa shape index (κ1) is 24.3. The van der Waals surface area contributed by atoms with Crippen molar-refractivity contribution in [3.05, 3.63) is 66.4 Å². The Balaban J connectivity index is 1.82. The fraction of sp³-hybridized carbons (Fsp3) is 0.292. The molecule has 0 saturated carbocycles. The van der Waals surface area contributed by atoms with Crippen molar-refractivity contribution in [2.75, 3.05) is 34.9 Å². The fourth-order valence-electron chi connectivity index (χ4n) is 3.58. The standard InChI is InChI=1S/C24H29N3O5S/c1-6-13-27-20-9-8-19(33(29,30)26(2)3)15-18(20)16-21(27)24(28)25-12-11-17-7-10-22(31-4)23(14-17)32-5/h6-10,14-16H,1,11-13H2,2-5H3,(H,25,28). The summed E-state index contributed by atoms with van der Waals surface area (Å²) in [6, 6.07) is 12.2. The number of fused-ring (bicyclic) bond motifs is 1. The molecule has 3 rings (SSSR count). The molecular formula is C24H29N3O5S. The maximum Gasteiger partial charge on any atom is 0.267 e. The molecule has 1 aromatic heterocycles. The van der Waals surface area contributed by atoms with Crippen molar-refractivity contribution in [1.82, 2.24) is 14.2 Å². The summed E-state index contributed by atoms with van der Waals surface area (Å²) in [6.07, 6.45) is 2.31. The van der Waals surface area contributed by atoms with Crippen molar-refractivity contribution >= 4 is 26.8 Å². The second-order valence-corrected chi connectivity index (χ2v) is 9.78. The molecule has 0 spiro atoms. The van der Waals surface area contributed by atoms with Gasteiger partial charge in [-0.15, -0.1) is 6.58 Å². The zero-order valence-corrected chi connectivity index (χ0v) is 20.1. The van der Waals surface area contributed by atoms with Crippen LogP contribution in [0.1, 0.15) is 16.1 Å². The maximum absolute atomic E-state index is 13.0. The average Bonchev–Trinajstić information content (AvgIpc) is 3.16. The summed E-state index contributed by atoms with van der Waals surface area (Å²) in [5.41, 5.74) is 2.20. The number of nitrogens with zero attached hydrogens (tertiary/aromatic N) is 2. The first-order valence-corrected chi connectivity index (χ1v) is 11.8. The Morgan fingerprint density at radius 2 is 1.82 bits per heavy atom. The molecule has 0 radical (unpaired) electrons. The lowest BCUT2D eigenvalue weighted by molar-refractivity contribution is 0.0946. The number of hydrogen-bond donors (Lipinski definition) is 1. The van der Waals surface area contributed by atoms with Gasteiger partial charge in [0, 0.05) is 38.1 Å². The average molecular weight is 472 g/mol. The number of hydrogen-bond acceptors (Lipinski definition) is 5. The van der Waals surface area contributed by atoms with Crippen LogP contribution in [-0.4, -0.2) is 58.1 Å². The predicted octanol–water partition coefficient (Wildman–Crippen LogP) is 3.07. The Kier molecular flexibility index (Phi) is 7.45. The fourth-order valence-corrected chi connectivity index (χ4v) is 4.52. The quantitative estimate of drug-likeness (QED) is 0.459. The van der Waals surface area contributed by atoms with Gasteiger partial charge >= 0.3 is 0 Å². The van der Waals surface area contributed by atoms with E-state index >= 15 is 0 Å². The molecule has 2 aromatic carbocycles. The van der Waals surface area contributed by atoms with Crippen LogP contribution in [0.2, 0.25) is 0 Å². The van der Waals surface area contributed by atoms with E-state index in [9.17, 15) is 13.2 Å². The first-order valence-electron chi connectivity index (χ1n) is 10.4. The monoisotopic (exact) mass is 471 g/mol. The molecule has 1 amide bonds. The maximum atomic E-state index is 13.0. The zero-order chi connectivity index (χ0) is 24.2. The Morgan fingerprint density at radius 1 is 1.09 bits per heavy atom. The Bertz CT molecular complexity index is 1280. The van der Waals surface area contributed by atoms with Crippen molar-refractivity contribution in [3.63, 3.8) is 0 Å². The van der Waals surface area contributed by atoms with E-state index in [0.717, 1.165) is 15.4 Å². The summed E-state index contributed by atoms with van der Waals surface area (Å²) in [7, 11) is 2.56. The van der Waals surface area contributed by atoms with Gasteiger partial charge in [0.25, 0.3) is 5.91 Å². The van der Waals surface area contributed by atoms with E-state index in [1.54, 1.807) is 44.6 Å². The van der Waals surface area contributed by atoms with Gasteiger partial charge in [0.05, 0.1) is 19.1 Å². The summed E-state index contributed by atoms with van der Waals surface area (Å²) in [6.45, 7) is 4.62. The Hall–Kier alpha value is -3.30. The number of allylic oxidation sites excluding steroid dienone is 1. The van der Waals surface area contributed by atoms with E-state index in [1.807, 2.05) is 22.8 Å². The Morgan fingerprint density at radius 3 is 2.45 bits per heavy atom. The van der Waals surface area contributed by atoms with Crippen LogP contribution in [0, 0.1) is 0 Å². The van der Waals surface area contributed by atoms with E-state index in [4.69, 9.17) is 9.47 Å². The first-order chi connectivity index (χ1) is 15.7. The van der Waals surface area contributed by atoms with Crippen LogP contribution in [0.25, 0.3) is 10.9 Å². The van der Waals surface area contributed by atoms with E-state index in [2.05, 4.69) is 11.9 Å². The minimum absolute atomic E-state index is 0.177. The molecule has 1 N–H and O–H groups in total. The number of benzene rings is 2. The summed E-state index contributed by atoms with van der Waals surface area (Å²) in [5.74, 6) is 1.04. The lowest BCUT2D eigenvalue weighted by Gasteiger charge is -2.12. The number of rotatable bonds is 10. The highest BCUT2D eigenvalue weighted by atomic mass is 32.2. The molecule has 0 atom stereocenters. The predicted molar refractivity (Wildman–Crippen MR) is 129 cm³/mol. The highest BCUT2D eigenvalue weighted by Crippen LogP contribution is 2.28. The molecule has 3 aromatic rings. The summed E-state index contributed by atoms with van der Waals surface area (Å²) in [5, 5.41) is 3.61. The van der Waals surface area contributed by atoms with E-state index in [-0.39, 0.29) is 10.8 Å². The SMILES string of the molecule is C=CCn1c(C(=O)NCCc2ccc(OC)c(OC)c2)cc2cc(S(=O)(=O)N(C)C)ccc21. The highest BCUT2D eigenvalue weighted by molar-refractivity contribution is 7.89. The van der Waals surface area contributed by atoms with Gasteiger partial charge in [0.1, 0.15) is 5.69 Å². The van der Waals surface area contributed by atoms with E-state index in [0.29, 0.717) is 42.1 Å². The third-order valence-corrected chi connectivity index (χ3v) is 7.15. The minimum atomic E-state index is -3.58. The van der Waals surface area contributed by atoms with Gasteiger partial charge in [-0.2, -0.15) is 0 Å². The second kappa shape index (κ2) is 10.1. The number of amides is 1. The smallest absolute Gasteiger partial charge is 0.267 e. The largest absolute Gasteiger partial charge is 0.493 e. The molecule has 0 unspecified atom stereocenters. The van der Waals surface area contributed by atoms with Gasteiger partial charge in [0.15, 0.2) is 11.5 Å². The second-order valence-electron chi connectivity index (χ2n) is 7.63. The van der Waals surface area contributed by atoms with Gasteiger partial charge in [0.2, 0.25) is 10.0 Å². The topological polar surface area (TPSA) is 89.9 Å². The van der Waals surface area contributed by atoms with Crippen molar-refractivity contribution in [2.45, 2.75) is 17.9 Å². The van der Waals surface area contributed by atoms with E-state index in [1.165, 1.54) is 14.1 Å². The minimum Gasteiger partial charge on any atom is -0.493 e. The summed E-state index contributed by atoms with van der Waals surface area (Å²) < 4.78 is 38.6. The van der Waals surface area contributed by atoms with Crippen LogP contribution in [0.3, 0.4) is 0 Å². The van der Waals surface area contributed by atoms with Gasteiger partial charge < -0.3 is 19.4 Å². The van der Waals surface area contributed by atoms with Crippen molar-refractivity contribution in [2.24, 2.45) is 0 Å². The third-order valence-electron chi connectivity index (χ3n) is 5.34. The lowest BCUT2D eigenvalue weighted by Crippen LogP contribution is -2.27. The Labute approximate surface area is 194 Å². The number of carbonyl (C=O) groups excluding carboxylic acids is 1. The number of nitrogens with one attached hydrogen (secondary N) is 1. The van der Waals surface area contributed by atoms with Crippen LogP contribution in [0.15, 0.2) is 60.0 Å². The van der Waals surface area contributed by atoms with Crippen molar-refractivity contribution in [1.29, 1.82) is 0 Å². The van der Waals surface area contributed by atoms with Crippen molar-refractivity contribution < 1.29 is 22.7 Å². The molecule has 0 fully saturated rings. The van der Waals surface area contributed by atoms with Crippen molar-refractivity contribution in [3.8, 4) is 11.5 Å². The molecule has 33 heavy (non-hydrogen) atoms. The van der Waals surface area contributed by atoms with Crippen LogP contribution in [0.5, 0.6) is 11.5 Å². The van der Waals surface area contributed by atoms with Crippen LogP contribution >= 0.6 is 0 Å². The molecule has 0 bridgehead atoms. The number of methoxy groups -OCH3 is 2. The van der Waals surface area contributed by atoms with Gasteiger partial charge in [-0.05, 0) is 48.4 Å². The zero-order valence-electron chi connectivity index (χ0n) is 19.3. The molecule has 0 aliphatic heterocycles. The third kappa shape index (κ3) is 5.04. The molecule has 9 heteroatoms. The number of sulfonamides is 1. The molecule has 1 heterocycles. The van der Waals surface area contributed by atoms with Gasteiger partial charge in [-0.25, -0.2) is 12.7 Å². The van der Waals surface area contributed by atoms with Crippen LogP contribution in [0.4, 0.5) is 0 Å². The van der Waals surface area contributed by atoms with Crippen LogP contribution in [-0.2, 0) is 23.0 Å². The lowest BCUT2D eigenvalue weighted by atomic mass is 10.1. The molecule has 0 aliphatic carbocycles. The molecule has 176 valence electrons. The van der Waals surface area contributed by atoms with Gasteiger partial charge in [-0.1, -0.05) is 12.1 Å². The number of ether oxygens (including phenoxy) is 2. The molecule has 0 saturated heterocycles. The normalized spacial score (nSPS) is 11.5. The highest BCUT2D eigenvalue weighted by Gasteiger charge is 2.20. The van der Waals surface area contributed by atoms with Gasteiger partial charge in [-0.3, -0.25) is 4.79 Å². The number of aromatic nitrogens is 1. The molecule has 8 nitrogen and oxygen atoms in total. The van der Waals surface area contributed by atoms with E-state index < -0.39 is 10.0 Å². The number of carbonyl (C=O) groups is 1. The molecule has 0 aliphatic rings. The summed E-state index contributed by atoms with van der Waals surface area (Å²) >= 11 is 0. The molecular weight excluding hydrogens is 442 g/mol. The summed E-state index contributed by atoms with van der Waals surface area (Å²) in [4.78, 5) is 13.2.